The molecule has 0 bridgehead atoms. The van der Waals surface area contributed by atoms with Crippen molar-refractivity contribution in [2.45, 2.75) is 31.7 Å². The van der Waals surface area contributed by atoms with Gasteiger partial charge in [-0.25, -0.2) is 4.98 Å². The molecule has 1 unspecified atom stereocenters. The number of aromatic nitrogens is 2. The van der Waals surface area contributed by atoms with Gasteiger partial charge in [0.05, 0.1) is 5.39 Å². The minimum atomic E-state index is 0.390. The Morgan fingerprint density at radius 2 is 2.00 bits per heavy atom. The molecule has 4 rings (SSSR count). The second-order valence-corrected chi connectivity index (χ2v) is 6.92. The highest BCUT2D eigenvalue weighted by atomic mass is 32.1. The van der Waals surface area contributed by atoms with Crippen LogP contribution in [0.4, 0.5) is 11.8 Å². The number of rotatable bonds is 2. The molecule has 0 saturated carbocycles. The Kier molecular flexibility index (Phi) is 3.43. The van der Waals surface area contributed by atoms with Gasteiger partial charge < -0.3 is 10.6 Å². The molecule has 2 aromatic rings. The van der Waals surface area contributed by atoms with Crippen molar-refractivity contribution in [2.75, 3.05) is 36.8 Å². The van der Waals surface area contributed by atoms with Crippen LogP contribution in [0.2, 0.25) is 0 Å². The summed E-state index contributed by atoms with van der Waals surface area (Å²) in [5.41, 5.74) is 5.88. The lowest BCUT2D eigenvalue weighted by Gasteiger charge is -2.32. The van der Waals surface area contributed by atoms with Gasteiger partial charge in [-0.15, -0.1) is 11.3 Å². The summed E-state index contributed by atoms with van der Waals surface area (Å²) in [4.78, 5) is 14.9. The molecule has 2 aliphatic heterocycles. The van der Waals surface area contributed by atoms with Crippen molar-refractivity contribution in [1.29, 1.82) is 0 Å². The highest BCUT2D eigenvalue weighted by Crippen LogP contribution is 2.31. The monoisotopic (exact) mass is 303 g/mol. The van der Waals surface area contributed by atoms with E-state index in [1.165, 1.54) is 38.8 Å². The molecule has 0 spiro atoms. The van der Waals surface area contributed by atoms with Gasteiger partial charge in [0.1, 0.15) is 10.6 Å². The normalized spacial score (nSPS) is 24.0. The number of nitrogen functional groups attached to an aromatic ring is 1. The van der Waals surface area contributed by atoms with Crippen LogP contribution in [0.15, 0.2) is 11.4 Å². The van der Waals surface area contributed by atoms with Gasteiger partial charge in [0, 0.05) is 19.1 Å². The summed E-state index contributed by atoms with van der Waals surface area (Å²) in [5.74, 6) is 1.42. The second kappa shape index (κ2) is 5.42. The van der Waals surface area contributed by atoms with E-state index in [9.17, 15) is 0 Å². The second-order valence-electron chi connectivity index (χ2n) is 6.03. The van der Waals surface area contributed by atoms with Crippen LogP contribution in [0.1, 0.15) is 25.7 Å². The molecule has 21 heavy (non-hydrogen) atoms. The number of likely N-dealkylation sites (tertiary alicyclic amines) is 1. The van der Waals surface area contributed by atoms with E-state index in [1.807, 2.05) is 0 Å². The van der Waals surface area contributed by atoms with E-state index < -0.39 is 0 Å². The van der Waals surface area contributed by atoms with Gasteiger partial charge in [0.15, 0.2) is 0 Å². The number of fused-ring (bicyclic) bond motifs is 1. The topological polar surface area (TPSA) is 58.3 Å². The Balaban J connectivity index is 1.57. The van der Waals surface area contributed by atoms with Crippen molar-refractivity contribution in [3.05, 3.63) is 11.4 Å². The highest BCUT2D eigenvalue weighted by molar-refractivity contribution is 7.16. The molecule has 0 radical (unpaired) electrons. The van der Waals surface area contributed by atoms with E-state index in [-0.39, 0.29) is 0 Å². The maximum Gasteiger partial charge on any atom is 0.223 e. The fourth-order valence-corrected chi connectivity index (χ4v) is 4.38. The van der Waals surface area contributed by atoms with Crippen molar-refractivity contribution < 1.29 is 0 Å². The Hall–Kier alpha value is -1.40. The molecule has 1 atom stereocenters. The number of nitrogens with two attached hydrogens (primary N) is 1. The van der Waals surface area contributed by atoms with E-state index in [1.54, 1.807) is 11.3 Å². The number of thiophene rings is 1. The fourth-order valence-electron chi connectivity index (χ4n) is 3.61. The van der Waals surface area contributed by atoms with Gasteiger partial charge in [0.2, 0.25) is 5.95 Å². The Morgan fingerprint density at radius 3 is 2.86 bits per heavy atom. The first-order chi connectivity index (χ1) is 10.3. The molecule has 6 heteroatoms. The fraction of sp³-hybridized carbons (Fsp3) is 0.600. The predicted octanol–water partition coefficient (Wildman–Crippen LogP) is 2.34. The molecule has 0 amide bonds. The lowest BCUT2D eigenvalue weighted by atomic mass is 10.1. The third-order valence-electron chi connectivity index (χ3n) is 4.69. The van der Waals surface area contributed by atoms with Gasteiger partial charge in [-0.1, -0.05) is 6.42 Å². The van der Waals surface area contributed by atoms with Gasteiger partial charge in [0.25, 0.3) is 0 Å². The molecule has 0 aliphatic carbocycles. The average molecular weight is 303 g/mol. The molecule has 4 heterocycles. The maximum atomic E-state index is 5.88. The van der Waals surface area contributed by atoms with Crippen molar-refractivity contribution in [3.8, 4) is 0 Å². The van der Waals surface area contributed by atoms with Crippen LogP contribution >= 0.6 is 11.3 Å². The van der Waals surface area contributed by atoms with Crippen LogP contribution in [-0.2, 0) is 0 Å². The Morgan fingerprint density at radius 1 is 1.14 bits per heavy atom. The minimum Gasteiger partial charge on any atom is -0.368 e. The van der Waals surface area contributed by atoms with Crippen molar-refractivity contribution >= 4 is 33.3 Å². The van der Waals surface area contributed by atoms with Gasteiger partial charge in [-0.3, -0.25) is 4.90 Å². The largest absolute Gasteiger partial charge is 0.368 e. The highest BCUT2D eigenvalue weighted by Gasteiger charge is 2.30. The number of hydrogen-bond acceptors (Lipinski definition) is 6. The van der Waals surface area contributed by atoms with E-state index in [0.717, 1.165) is 29.1 Å². The summed E-state index contributed by atoms with van der Waals surface area (Å²) in [6, 6.07) is 2.79. The first kappa shape index (κ1) is 13.3. The molecule has 2 aliphatic rings. The summed E-state index contributed by atoms with van der Waals surface area (Å²) in [7, 11) is 0. The minimum absolute atomic E-state index is 0.390. The molecule has 2 aromatic heterocycles. The van der Waals surface area contributed by atoms with Crippen LogP contribution in [0, 0.1) is 0 Å². The first-order valence-corrected chi connectivity index (χ1v) is 8.69. The Labute approximate surface area is 128 Å². The van der Waals surface area contributed by atoms with Crippen LogP contribution in [0.25, 0.3) is 10.2 Å². The first-order valence-electron chi connectivity index (χ1n) is 7.81. The third-order valence-corrected chi connectivity index (χ3v) is 5.50. The van der Waals surface area contributed by atoms with Crippen LogP contribution in [-0.4, -0.2) is 47.1 Å². The molecule has 5 nitrogen and oxygen atoms in total. The van der Waals surface area contributed by atoms with Crippen molar-refractivity contribution in [2.24, 2.45) is 0 Å². The van der Waals surface area contributed by atoms with Gasteiger partial charge in [-0.2, -0.15) is 4.98 Å². The number of hydrogen-bond donors (Lipinski definition) is 1. The molecule has 2 saturated heterocycles. The zero-order valence-corrected chi connectivity index (χ0v) is 13.0. The molecule has 0 aromatic carbocycles. The summed E-state index contributed by atoms with van der Waals surface area (Å²) in [5, 5.41) is 3.22. The molecule has 2 N–H and O–H groups in total. The molecular weight excluding hydrogens is 282 g/mol. The third kappa shape index (κ3) is 2.46. The molecule has 2 fully saturated rings. The summed E-state index contributed by atoms with van der Waals surface area (Å²) < 4.78 is 0. The lowest BCUT2D eigenvalue weighted by Crippen LogP contribution is -2.41. The number of nitrogens with zero attached hydrogens (tertiary/aromatic N) is 4. The SMILES string of the molecule is Nc1nc(N2CCC(N3CCCCC3)C2)c2ccsc2n1. The summed E-state index contributed by atoms with van der Waals surface area (Å²) in [6.45, 7) is 4.67. The zero-order valence-electron chi connectivity index (χ0n) is 12.2. The summed E-state index contributed by atoms with van der Waals surface area (Å²) in [6.07, 6.45) is 5.33. The molecular formula is C15H21N5S. The predicted molar refractivity (Wildman–Crippen MR) is 87.9 cm³/mol. The average Bonchev–Trinajstić information content (AvgIpc) is 3.16. The van der Waals surface area contributed by atoms with Gasteiger partial charge >= 0.3 is 0 Å². The smallest absolute Gasteiger partial charge is 0.223 e. The van der Waals surface area contributed by atoms with E-state index >= 15 is 0 Å². The van der Waals surface area contributed by atoms with E-state index in [4.69, 9.17) is 5.73 Å². The van der Waals surface area contributed by atoms with Crippen LogP contribution in [0.5, 0.6) is 0 Å². The summed E-state index contributed by atoms with van der Waals surface area (Å²) >= 11 is 1.64. The van der Waals surface area contributed by atoms with E-state index in [2.05, 4.69) is 31.2 Å². The maximum absolute atomic E-state index is 5.88. The molecule has 112 valence electrons. The zero-order chi connectivity index (χ0) is 14.2. The quantitative estimate of drug-likeness (QED) is 0.923. The number of piperidine rings is 1. The lowest BCUT2D eigenvalue weighted by molar-refractivity contribution is 0.175. The van der Waals surface area contributed by atoms with Crippen LogP contribution < -0.4 is 10.6 Å². The Bertz CT molecular complexity index is 634. The number of anilines is 2. The van der Waals surface area contributed by atoms with Crippen molar-refractivity contribution in [3.63, 3.8) is 0 Å². The van der Waals surface area contributed by atoms with E-state index in [0.29, 0.717) is 12.0 Å². The van der Waals surface area contributed by atoms with Crippen molar-refractivity contribution in [1.82, 2.24) is 14.9 Å². The van der Waals surface area contributed by atoms with Gasteiger partial charge in [-0.05, 0) is 43.8 Å². The standard InChI is InChI=1S/C15H21N5S/c16-15-17-13(12-5-9-21-14(12)18-15)20-8-4-11(10-20)19-6-2-1-3-7-19/h5,9,11H,1-4,6-8,10H2,(H2,16,17,18). The van der Waals surface area contributed by atoms with Crippen LogP contribution in [0.3, 0.4) is 0 Å².